The molecule has 23 heavy (non-hydrogen) atoms. The van der Waals surface area contributed by atoms with E-state index in [4.69, 9.17) is 4.42 Å². The molecule has 0 radical (unpaired) electrons. The fraction of sp³-hybridized carbons (Fsp3) is 0.333. The number of thiazole rings is 1. The molecule has 3 rings (SSSR count). The quantitative estimate of drug-likeness (QED) is 0.758. The summed E-state index contributed by atoms with van der Waals surface area (Å²) in [5, 5.41) is 4.99. The molecule has 0 atom stereocenters. The first-order valence-electron chi connectivity index (χ1n) is 7.75. The standard InChI is InChI=1S/C18H20N2O2S/c1-11(2)8-16-20-12(3)17(23-16)18(21)19-10-14-9-13-6-4-5-7-15(13)22-14/h4-7,9,11H,8,10H2,1-3H3,(H,19,21). The van der Waals surface area contributed by atoms with Crippen molar-refractivity contribution >= 4 is 28.2 Å². The zero-order valence-corrected chi connectivity index (χ0v) is 14.4. The molecule has 1 aromatic carbocycles. The molecular formula is C18H20N2O2S. The number of hydrogen-bond donors (Lipinski definition) is 1. The van der Waals surface area contributed by atoms with E-state index in [0.717, 1.165) is 33.9 Å². The topological polar surface area (TPSA) is 55.1 Å². The van der Waals surface area contributed by atoms with Crippen LogP contribution >= 0.6 is 11.3 Å². The predicted octanol–water partition coefficient (Wildman–Crippen LogP) is 4.33. The van der Waals surface area contributed by atoms with E-state index in [9.17, 15) is 4.79 Å². The van der Waals surface area contributed by atoms with E-state index in [1.165, 1.54) is 11.3 Å². The minimum absolute atomic E-state index is 0.0875. The number of benzene rings is 1. The molecule has 0 aliphatic rings. The molecule has 0 spiro atoms. The first-order chi connectivity index (χ1) is 11.0. The van der Waals surface area contributed by atoms with Crippen LogP contribution in [0.1, 0.15) is 40.0 Å². The number of aryl methyl sites for hydroxylation is 1. The SMILES string of the molecule is Cc1nc(CC(C)C)sc1C(=O)NCc1cc2ccccc2o1. The van der Waals surface area contributed by atoms with Gasteiger partial charge in [0.2, 0.25) is 0 Å². The Morgan fingerprint density at radius 3 is 2.87 bits per heavy atom. The molecule has 2 aromatic heterocycles. The molecule has 3 aromatic rings. The Bertz CT molecular complexity index is 800. The summed E-state index contributed by atoms with van der Waals surface area (Å²) < 4.78 is 5.72. The Morgan fingerprint density at radius 1 is 1.35 bits per heavy atom. The summed E-state index contributed by atoms with van der Waals surface area (Å²) >= 11 is 1.48. The Morgan fingerprint density at radius 2 is 2.13 bits per heavy atom. The fourth-order valence-electron chi connectivity index (χ4n) is 2.47. The van der Waals surface area contributed by atoms with E-state index in [-0.39, 0.29) is 5.91 Å². The summed E-state index contributed by atoms with van der Waals surface area (Å²) in [5.41, 5.74) is 1.64. The van der Waals surface area contributed by atoms with Crippen LogP contribution in [0.4, 0.5) is 0 Å². The summed E-state index contributed by atoms with van der Waals surface area (Å²) in [6.45, 7) is 6.57. The molecule has 4 nitrogen and oxygen atoms in total. The fourth-order valence-corrected chi connectivity index (χ4v) is 3.66. The van der Waals surface area contributed by atoms with Crippen LogP contribution in [0.25, 0.3) is 11.0 Å². The molecule has 0 bridgehead atoms. The number of nitrogens with zero attached hydrogens (tertiary/aromatic N) is 1. The number of amides is 1. The first kappa shape index (κ1) is 15.7. The second kappa shape index (κ2) is 6.54. The maximum atomic E-state index is 12.4. The van der Waals surface area contributed by atoms with E-state index in [1.54, 1.807) is 0 Å². The first-order valence-corrected chi connectivity index (χ1v) is 8.56. The number of para-hydroxylation sites is 1. The highest BCUT2D eigenvalue weighted by Crippen LogP contribution is 2.22. The Balaban J connectivity index is 1.68. The van der Waals surface area contributed by atoms with Gasteiger partial charge in [-0.1, -0.05) is 32.0 Å². The Labute approximate surface area is 139 Å². The lowest BCUT2D eigenvalue weighted by atomic mass is 10.1. The van der Waals surface area contributed by atoms with E-state index in [0.29, 0.717) is 17.3 Å². The lowest BCUT2D eigenvalue weighted by molar-refractivity contribution is 0.0951. The molecule has 0 aliphatic heterocycles. The lowest BCUT2D eigenvalue weighted by Crippen LogP contribution is -2.22. The van der Waals surface area contributed by atoms with Gasteiger partial charge in [0, 0.05) is 11.8 Å². The van der Waals surface area contributed by atoms with Crippen molar-refractivity contribution in [3.05, 3.63) is 51.7 Å². The highest BCUT2D eigenvalue weighted by atomic mass is 32.1. The van der Waals surface area contributed by atoms with Gasteiger partial charge >= 0.3 is 0 Å². The van der Waals surface area contributed by atoms with Crippen LogP contribution in [-0.2, 0) is 13.0 Å². The van der Waals surface area contributed by atoms with Crippen molar-refractivity contribution in [2.75, 3.05) is 0 Å². The molecule has 120 valence electrons. The van der Waals surface area contributed by atoms with E-state index < -0.39 is 0 Å². The van der Waals surface area contributed by atoms with Gasteiger partial charge in [-0.25, -0.2) is 4.98 Å². The van der Waals surface area contributed by atoms with Gasteiger partial charge in [-0.05, 0) is 25.0 Å². The van der Waals surface area contributed by atoms with Gasteiger partial charge in [0.15, 0.2) is 0 Å². The van der Waals surface area contributed by atoms with E-state index in [1.807, 2.05) is 37.3 Å². The molecule has 0 fully saturated rings. The Hall–Kier alpha value is -2.14. The summed E-state index contributed by atoms with van der Waals surface area (Å²) in [6, 6.07) is 9.78. The zero-order chi connectivity index (χ0) is 16.4. The largest absolute Gasteiger partial charge is 0.459 e. The van der Waals surface area contributed by atoms with Crippen molar-refractivity contribution in [1.29, 1.82) is 0 Å². The number of rotatable bonds is 5. The maximum Gasteiger partial charge on any atom is 0.263 e. The summed E-state index contributed by atoms with van der Waals surface area (Å²) in [7, 11) is 0. The van der Waals surface area contributed by atoms with Gasteiger partial charge in [-0.15, -0.1) is 11.3 Å². The number of aromatic nitrogens is 1. The van der Waals surface area contributed by atoms with Crippen LogP contribution in [0, 0.1) is 12.8 Å². The molecule has 5 heteroatoms. The third-order valence-corrected chi connectivity index (χ3v) is 4.71. The van der Waals surface area contributed by atoms with Crippen molar-refractivity contribution in [2.45, 2.75) is 33.7 Å². The third kappa shape index (κ3) is 3.62. The van der Waals surface area contributed by atoms with Crippen molar-refractivity contribution in [3.8, 4) is 0 Å². The third-order valence-electron chi connectivity index (χ3n) is 3.53. The second-order valence-electron chi connectivity index (χ2n) is 6.05. The van der Waals surface area contributed by atoms with Gasteiger partial charge < -0.3 is 9.73 Å². The number of carbonyl (C=O) groups excluding carboxylic acids is 1. The zero-order valence-electron chi connectivity index (χ0n) is 13.6. The summed E-state index contributed by atoms with van der Waals surface area (Å²) in [6.07, 6.45) is 0.905. The molecular weight excluding hydrogens is 308 g/mol. The number of nitrogens with one attached hydrogen (secondary N) is 1. The minimum Gasteiger partial charge on any atom is -0.459 e. The number of fused-ring (bicyclic) bond motifs is 1. The Kier molecular flexibility index (Phi) is 4.48. The van der Waals surface area contributed by atoms with E-state index in [2.05, 4.69) is 24.1 Å². The maximum absolute atomic E-state index is 12.4. The molecule has 0 saturated carbocycles. The number of carbonyl (C=O) groups is 1. The van der Waals surface area contributed by atoms with Crippen LogP contribution in [-0.4, -0.2) is 10.9 Å². The molecule has 0 unspecified atom stereocenters. The highest BCUT2D eigenvalue weighted by Gasteiger charge is 2.16. The van der Waals surface area contributed by atoms with Crippen LogP contribution in [0.2, 0.25) is 0 Å². The normalized spacial score (nSPS) is 11.3. The van der Waals surface area contributed by atoms with Crippen molar-refractivity contribution in [3.63, 3.8) is 0 Å². The molecule has 2 heterocycles. The number of furan rings is 1. The van der Waals surface area contributed by atoms with E-state index >= 15 is 0 Å². The molecule has 0 saturated heterocycles. The lowest BCUT2D eigenvalue weighted by Gasteiger charge is -2.01. The molecule has 1 amide bonds. The smallest absolute Gasteiger partial charge is 0.263 e. The average molecular weight is 328 g/mol. The minimum atomic E-state index is -0.0875. The van der Waals surface area contributed by atoms with Gasteiger partial charge in [-0.3, -0.25) is 4.79 Å². The second-order valence-corrected chi connectivity index (χ2v) is 7.14. The summed E-state index contributed by atoms with van der Waals surface area (Å²) in [5.74, 6) is 1.20. The average Bonchev–Trinajstić information content (AvgIpc) is 3.07. The van der Waals surface area contributed by atoms with Gasteiger partial charge in [-0.2, -0.15) is 0 Å². The monoisotopic (exact) mass is 328 g/mol. The van der Waals surface area contributed by atoms with Crippen molar-refractivity contribution < 1.29 is 9.21 Å². The van der Waals surface area contributed by atoms with Crippen LogP contribution in [0.3, 0.4) is 0 Å². The number of hydrogen-bond acceptors (Lipinski definition) is 4. The molecule has 1 N–H and O–H groups in total. The van der Waals surface area contributed by atoms with Crippen molar-refractivity contribution in [1.82, 2.24) is 10.3 Å². The van der Waals surface area contributed by atoms with Crippen LogP contribution in [0.15, 0.2) is 34.7 Å². The van der Waals surface area contributed by atoms with Gasteiger partial charge in [0.1, 0.15) is 16.2 Å². The van der Waals surface area contributed by atoms with Gasteiger partial charge in [0.25, 0.3) is 5.91 Å². The summed E-state index contributed by atoms with van der Waals surface area (Å²) in [4.78, 5) is 17.6. The molecule has 0 aliphatic carbocycles. The van der Waals surface area contributed by atoms with Crippen LogP contribution in [0.5, 0.6) is 0 Å². The van der Waals surface area contributed by atoms with Crippen LogP contribution < -0.4 is 5.32 Å². The van der Waals surface area contributed by atoms with Crippen molar-refractivity contribution in [2.24, 2.45) is 5.92 Å². The highest BCUT2D eigenvalue weighted by molar-refractivity contribution is 7.13. The predicted molar refractivity (Wildman–Crippen MR) is 92.8 cm³/mol. The van der Waals surface area contributed by atoms with Gasteiger partial charge in [0.05, 0.1) is 17.2 Å².